The van der Waals surface area contributed by atoms with Crippen molar-refractivity contribution in [3.8, 4) is 0 Å². The van der Waals surface area contributed by atoms with Crippen LogP contribution in [0.5, 0.6) is 0 Å². The Balaban J connectivity index is 2.15. The quantitative estimate of drug-likeness (QED) is 0.809. The van der Waals surface area contributed by atoms with Crippen molar-refractivity contribution in [2.24, 2.45) is 5.92 Å². The second-order valence-corrected chi connectivity index (χ2v) is 18.1. The molecule has 128 valence electrons. The van der Waals surface area contributed by atoms with Crippen molar-refractivity contribution >= 4 is 26.5 Å². The minimum absolute atomic E-state index is 0.459. The Bertz CT molecular complexity index is 624. The summed E-state index contributed by atoms with van der Waals surface area (Å²) in [6.07, 6.45) is 3.64. The van der Waals surface area contributed by atoms with E-state index in [-0.39, 0.29) is 0 Å². The molecule has 0 aromatic heterocycles. The van der Waals surface area contributed by atoms with E-state index in [9.17, 15) is 5.11 Å². The molecule has 0 radical (unpaired) electrons. The van der Waals surface area contributed by atoms with Gasteiger partial charge in [0.05, 0.1) is 4.85 Å². The molecule has 1 saturated carbocycles. The van der Waals surface area contributed by atoms with Gasteiger partial charge in [-0.1, -0.05) is 104 Å². The van der Waals surface area contributed by atoms with Crippen LogP contribution in [0.1, 0.15) is 19.3 Å². The molecule has 2 aromatic rings. The first-order chi connectivity index (χ1) is 11.3. The average molecular weight is 355 g/mol. The van der Waals surface area contributed by atoms with Crippen molar-refractivity contribution in [3.63, 3.8) is 0 Å². The Morgan fingerprint density at radius 2 is 1.12 bits per heavy atom. The van der Waals surface area contributed by atoms with Crippen LogP contribution in [0.3, 0.4) is 0 Å². The Hall–Kier alpha value is -1.17. The van der Waals surface area contributed by atoms with E-state index >= 15 is 0 Å². The molecule has 3 heteroatoms. The third kappa shape index (κ3) is 2.54. The van der Waals surface area contributed by atoms with E-state index in [1.807, 2.05) is 0 Å². The van der Waals surface area contributed by atoms with Crippen LogP contribution in [0.25, 0.3) is 0 Å². The largest absolute Gasteiger partial charge is 0.396 e. The Labute approximate surface area is 148 Å². The van der Waals surface area contributed by atoms with Crippen LogP contribution in [0.15, 0.2) is 60.7 Å². The highest BCUT2D eigenvalue weighted by molar-refractivity contribution is 7.09. The summed E-state index contributed by atoms with van der Waals surface area (Å²) in [5.41, 5.74) is 0. The van der Waals surface area contributed by atoms with Crippen molar-refractivity contribution in [2.75, 3.05) is 0 Å². The maximum Gasteiger partial charge on any atom is 0.113 e. The average Bonchev–Trinajstić information content (AvgIpc) is 2.54. The molecule has 0 unspecified atom stereocenters. The van der Waals surface area contributed by atoms with Crippen molar-refractivity contribution in [1.82, 2.24) is 0 Å². The lowest BCUT2D eigenvalue weighted by atomic mass is 9.85. The first-order valence-electron chi connectivity index (χ1n) is 9.15. The van der Waals surface area contributed by atoms with E-state index in [4.69, 9.17) is 0 Å². The van der Waals surface area contributed by atoms with Gasteiger partial charge >= 0.3 is 0 Å². The second-order valence-electron chi connectivity index (χ2n) is 8.38. The third-order valence-electron chi connectivity index (χ3n) is 6.59. The summed E-state index contributed by atoms with van der Waals surface area (Å²) >= 11 is 0. The Kier molecular flexibility index (Phi) is 4.62. The van der Waals surface area contributed by atoms with Crippen LogP contribution in [0.4, 0.5) is 0 Å². The molecule has 2 aromatic carbocycles. The lowest BCUT2D eigenvalue weighted by Gasteiger charge is -2.57. The number of rotatable bonds is 5. The second kappa shape index (κ2) is 6.28. The van der Waals surface area contributed by atoms with E-state index < -0.39 is 21.0 Å². The first-order valence-corrected chi connectivity index (χ1v) is 15.2. The summed E-state index contributed by atoms with van der Waals surface area (Å²) in [5, 5.41) is 15.2. The van der Waals surface area contributed by atoms with E-state index in [0.29, 0.717) is 5.92 Å². The van der Waals surface area contributed by atoms with Gasteiger partial charge < -0.3 is 5.11 Å². The van der Waals surface area contributed by atoms with E-state index in [2.05, 4.69) is 86.9 Å². The van der Waals surface area contributed by atoms with Gasteiger partial charge in [0.25, 0.3) is 0 Å². The molecule has 0 aliphatic heterocycles. The number of hydrogen-bond acceptors (Lipinski definition) is 1. The van der Waals surface area contributed by atoms with Gasteiger partial charge in [0.1, 0.15) is 16.1 Å². The summed E-state index contributed by atoms with van der Waals surface area (Å²) in [6, 6.07) is 21.6. The lowest BCUT2D eigenvalue weighted by molar-refractivity contribution is 0.0735. The van der Waals surface area contributed by atoms with Crippen LogP contribution >= 0.6 is 0 Å². The van der Waals surface area contributed by atoms with E-state index in [1.165, 1.54) is 29.6 Å². The van der Waals surface area contributed by atoms with Crippen LogP contribution in [0.2, 0.25) is 26.2 Å². The molecule has 1 nitrogen and oxygen atoms in total. The van der Waals surface area contributed by atoms with Crippen LogP contribution in [0, 0.1) is 5.92 Å². The summed E-state index contributed by atoms with van der Waals surface area (Å²) in [4.78, 5) is -0.527. The monoisotopic (exact) mass is 354 g/mol. The predicted molar refractivity (Wildman–Crippen MR) is 109 cm³/mol. The zero-order valence-electron chi connectivity index (χ0n) is 15.4. The van der Waals surface area contributed by atoms with E-state index in [1.54, 1.807) is 0 Å². The minimum Gasteiger partial charge on any atom is -0.396 e. The SMILES string of the molecule is C[Si](C)(c1ccccc1)C(O)(C1CCC1)[Si](C)(C)c1ccccc1. The number of aliphatic hydroxyl groups is 1. The molecule has 3 rings (SSSR count). The van der Waals surface area contributed by atoms with Gasteiger partial charge in [-0.3, -0.25) is 0 Å². The molecule has 0 spiro atoms. The molecule has 0 amide bonds. The van der Waals surface area contributed by atoms with Crippen LogP contribution in [-0.4, -0.2) is 26.1 Å². The van der Waals surface area contributed by atoms with Crippen LogP contribution < -0.4 is 10.4 Å². The van der Waals surface area contributed by atoms with Gasteiger partial charge in [0, 0.05) is 0 Å². The van der Waals surface area contributed by atoms with Gasteiger partial charge in [-0.15, -0.1) is 0 Å². The summed E-state index contributed by atoms with van der Waals surface area (Å²) in [6.45, 7) is 9.55. The molecule has 1 aliphatic rings. The first kappa shape index (κ1) is 17.7. The molecule has 24 heavy (non-hydrogen) atoms. The van der Waals surface area contributed by atoms with Gasteiger partial charge in [-0.2, -0.15) is 0 Å². The molecule has 0 bridgehead atoms. The maximum atomic E-state index is 12.4. The Morgan fingerprint density at radius 3 is 1.42 bits per heavy atom. The van der Waals surface area contributed by atoms with Gasteiger partial charge in [0.2, 0.25) is 0 Å². The summed E-state index contributed by atoms with van der Waals surface area (Å²) in [7, 11) is -4.13. The maximum absolute atomic E-state index is 12.4. The Morgan fingerprint density at radius 1 is 0.750 bits per heavy atom. The zero-order chi connectivity index (χ0) is 17.4. The van der Waals surface area contributed by atoms with Crippen molar-refractivity contribution in [2.45, 2.75) is 50.3 Å². The topological polar surface area (TPSA) is 20.2 Å². The van der Waals surface area contributed by atoms with Crippen molar-refractivity contribution in [3.05, 3.63) is 60.7 Å². The molecular weight excluding hydrogens is 324 g/mol. The van der Waals surface area contributed by atoms with Crippen molar-refractivity contribution < 1.29 is 5.11 Å². The fourth-order valence-corrected chi connectivity index (χ4v) is 17.4. The predicted octanol–water partition coefficient (Wildman–Crippen LogP) is 3.83. The smallest absolute Gasteiger partial charge is 0.113 e. The molecule has 0 atom stereocenters. The third-order valence-corrected chi connectivity index (χ3v) is 18.5. The highest BCUT2D eigenvalue weighted by atomic mass is 28.4. The van der Waals surface area contributed by atoms with E-state index in [0.717, 1.165) is 0 Å². The van der Waals surface area contributed by atoms with Crippen molar-refractivity contribution in [1.29, 1.82) is 0 Å². The standard InChI is InChI=1S/C21H30OSi2/c1-23(2,19-14-7-5-8-15-19)21(22,18-12-11-13-18)24(3,4)20-16-9-6-10-17-20/h5-10,14-18,22H,11-13H2,1-4H3. The molecule has 0 saturated heterocycles. The van der Waals surface area contributed by atoms with Crippen LogP contribution in [-0.2, 0) is 0 Å². The molecular formula is C21H30OSi2. The van der Waals surface area contributed by atoms with Gasteiger partial charge in [-0.25, -0.2) is 0 Å². The normalized spacial score (nSPS) is 16.7. The molecule has 1 fully saturated rings. The number of benzene rings is 2. The highest BCUT2D eigenvalue weighted by Crippen LogP contribution is 2.46. The fourth-order valence-electron chi connectivity index (χ4n) is 4.78. The van der Waals surface area contributed by atoms with Gasteiger partial charge in [-0.05, 0) is 18.8 Å². The molecule has 1 N–H and O–H groups in total. The summed E-state index contributed by atoms with van der Waals surface area (Å²) < 4.78 is 0. The molecule has 0 heterocycles. The minimum atomic E-state index is -2.07. The zero-order valence-corrected chi connectivity index (χ0v) is 17.4. The highest BCUT2D eigenvalue weighted by Gasteiger charge is 2.62. The fraction of sp³-hybridized carbons (Fsp3) is 0.429. The van der Waals surface area contributed by atoms with Gasteiger partial charge in [0.15, 0.2) is 0 Å². The lowest BCUT2D eigenvalue weighted by Crippen LogP contribution is -2.80. The molecule has 1 aliphatic carbocycles. The summed E-state index contributed by atoms with van der Waals surface area (Å²) in [5.74, 6) is 0.459. The number of hydrogen-bond donors (Lipinski definition) is 1.